The van der Waals surface area contributed by atoms with Gasteiger partial charge >= 0.3 is 0 Å². The third-order valence-corrected chi connectivity index (χ3v) is 2.95. The molecule has 0 aliphatic carbocycles. The van der Waals surface area contributed by atoms with Crippen molar-refractivity contribution in [3.05, 3.63) is 34.5 Å². The molecule has 0 unspecified atom stereocenters. The Morgan fingerprint density at radius 1 is 1.06 bits per heavy atom. The fraction of sp³-hybridized carbons (Fsp3) is 0. The maximum atomic E-state index is 10.8. The van der Waals surface area contributed by atoms with E-state index in [4.69, 9.17) is 11.5 Å². The lowest BCUT2D eigenvalue weighted by molar-refractivity contribution is 0.112. The lowest BCUT2D eigenvalue weighted by Crippen LogP contribution is -1.93. The molecule has 17 heavy (non-hydrogen) atoms. The van der Waals surface area contributed by atoms with Gasteiger partial charge in [-0.1, -0.05) is 0 Å². The van der Waals surface area contributed by atoms with Gasteiger partial charge in [-0.2, -0.15) is 11.3 Å². The first kappa shape index (κ1) is 15.8. The molecule has 0 fully saturated rings. The normalized spacial score (nSPS) is 8.94. The predicted octanol–water partition coefficient (Wildman–Crippen LogP) is 3.24. The number of thiophene rings is 1. The SMILES string of the molecule is Cl.Cl.Nc1ccc(N)c(-c2cscc2C=O)c1. The van der Waals surface area contributed by atoms with Crippen molar-refractivity contribution < 1.29 is 4.79 Å². The second kappa shape index (κ2) is 6.49. The van der Waals surface area contributed by atoms with Crippen LogP contribution < -0.4 is 11.5 Å². The Labute approximate surface area is 116 Å². The smallest absolute Gasteiger partial charge is 0.151 e. The summed E-state index contributed by atoms with van der Waals surface area (Å²) >= 11 is 1.47. The molecule has 0 radical (unpaired) electrons. The standard InChI is InChI=1S/C11H10N2OS.2ClH/c12-8-1-2-11(13)9(3-8)10-6-15-5-7(10)4-14;;/h1-6H,12-13H2;2*1H. The first-order chi connectivity index (χ1) is 7.22. The molecule has 0 saturated heterocycles. The number of rotatable bonds is 2. The maximum Gasteiger partial charge on any atom is 0.151 e. The van der Waals surface area contributed by atoms with Crippen molar-refractivity contribution in [2.45, 2.75) is 0 Å². The van der Waals surface area contributed by atoms with Gasteiger partial charge in [0.05, 0.1) is 0 Å². The van der Waals surface area contributed by atoms with Crippen LogP contribution in [0.5, 0.6) is 0 Å². The van der Waals surface area contributed by atoms with Gasteiger partial charge in [0.2, 0.25) is 0 Å². The Kier molecular flexibility index (Phi) is 6.02. The molecule has 0 amide bonds. The summed E-state index contributed by atoms with van der Waals surface area (Å²) in [6.45, 7) is 0. The summed E-state index contributed by atoms with van der Waals surface area (Å²) in [7, 11) is 0. The van der Waals surface area contributed by atoms with E-state index in [-0.39, 0.29) is 24.8 Å². The van der Waals surface area contributed by atoms with Crippen LogP contribution in [0.4, 0.5) is 11.4 Å². The Morgan fingerprint density at radius 3 is 2.41 bits per heavy atom. The third kappa shape index (κ3) is 3.12. The molecule has 0 saturated carbocycles. The number of carbonyl (C=O) groups excluding carboxylic acids is 1. The van der Waals surface area contributed by atoms with Gasteiger partial charge in [0.15, 0.2) is 6.29 Å². The van der Waals surface area contributed by atoms with Gasteiger partial charge in [0.1, 0.15) is 0 Å². The molecule has 1 aromatic carbocycles. The van der Waals surface area contributed by atoms with Gasteiger partial charge in [0, 0.05) is 33.4 Å². The topological polar surface area (TPSA) is 69.1 Å². The van der Waals surface area contributed by atoms with E-state index in [2.05, 4.69) is 0 Å². The highest BCUT2D eigenvalue weighted by Crippen LogP contribution is 2.32. The molecule has 1 aromatic heterocycles. The predicted molar refractivity (Wildman–Crippen MR) is 78.5 cm³/mol. The molecule has 3 nitrogen and oxygen atoms in total. The van der Waals surface area contributed by atoms with Crippen LogP contribution in [0.2, 0.25) is 0 Å². The van der Waals surface area contributed by atoms with Crippen LogP contribution in [0.15, 0.2) is 29.0 Å². The van der Waals surface area contributed by atoms with Crippen LogP contribution in [0.3, 0.4) is 0 Å². The van der Waals surface area contributed by atoms with Gasteiger partial charge in [-0.15, -0.1) is 24.8 Å². The Balaban J connectivity index is 0.00000128. The zero-order valence-corrected chi connectivity index (χ0v) is 11.2. The number of carbonyl (C=O) groups is 1. The molecular formula is C11H12Cl2N2OS. The third-order valence-electron chi connectivity index (χ3n) is 2.19. The highest BCUT2D eigenvalue weighted by molar-refractivity contribution is 7.08. The van der Waals surface area contributed by atoms with Crippen molar-refractivity contribution in [2.24, 2.45) is 0 Å². The molecule has 0 spiro atoms. The summed E-state index contributed by atoms with van der Waals surface area (Å²) in [5.74, 6) is 0. The van der Waals surface area contributed by atoms with E-state index < -0.39 is 0 Å². The number of aldehydes is 1. The molecule has 0 aliphatic heterocycles. The minimum absolute atomic E-state index is 0. The molecule has 2 aromatic rings. The van der Waals surface area contributed by atoms with E-state index in [9.17, 15) is 4.79 Å². The van der Waals surface area contributed by atoms with Gasteiger partial charge in [-0.05, 0) is 23.6 Å². The van der Waals surface area contributed by atoms with E-state index in [0.717, 1.165) is 17.4 Å². The number of benzene rings is 1. The average molecular weight is 291 g/mol. The molecule has 0 atom stereocenters. The van der Waals surface area contributed by atoms with Gasteiger partial charge in [-0.25, -0.2) is 0 Å². The molecule has 0 aliphatic rings. The molecule has 4 N–H and O–H groups in total. The highest BCUT2D eigenvalue weighted by atomic mass is 35.5. The molecular weight excluding hydrogens is 279 g/mol. The first-order valence-electron chi connectivity index (χ1n) is 4.39. The van der Waals surface area contributed by atoms with E-state index in [1.54, 1.807) is 23.6 Å². The largest absolute Gasteiger partial charge is 0.399 e. The van der Waals surface area contributed by atoms with Crippen molar-refractivity contribution in [3.8, 4) is 11.1 Å². The molecule has 6 heteroatoms. The van der Waals surface area contributed by atoms with Crippen LogP contribution in [0.25, 0.3) is 11.1 Å². The van der Waals surface area contributed by atoms with Crippen LogP contribution in [0, 0.1) is 0 Å². The van der Waals surface area contributed by atoms with Crippen molar-refractivity contribution in [2.75, 3.05) is 11.5 Å². The number of halogens is 2. The average Bonchev–Trinajstić information content (AvgIpc) is 2.69. The van der Waals surface area contributed by atoms with Crippen LogP contribution in [0.1, 0.15) is 10.4 Å². The van der Waals surface area contributed by atoms with Crippen molar-refractivity contribution in [1.29, 1.82) is 0 Å². The minimum Gasteiger partial charge on any atom is -0.399 e. The van der Waals surface area contributed by atoms with Gasteiger partial charge in [-0.3, -0.25) is 4.79 Å². The summed E-state index contributed by atoms with van der Waals surface area (Å²) in [5.41, 5.74) is 15.1. The summed E-state index contributed by atoms with van der Waals surface area (Å²) in [6, 6.07) is 5.27. The highest BCUT2D eigenvalue weighted by Gasteiger charge is 2.08. The summed E-state index contributed by atoms with van der Waals surface area (Å²) < 4.78 is 0. The number of hydrogen-bond acceptors (Lipinski definition) is 4. The Morgan fingerprint density at radius 2 is 1.76 bits per heavy atom. The first-order valence-corrected chi connectivity index (χ1v) is 5.33. The lowest BCUT2D eigenvalue weighted by atomic mass is 10.0. The molecule has 0 bridgehead atoms. The number of anilines is 2. The van der Waals surface area contributed by atoms with E-state index in [1.807, 2.05) is 5.38 Å². The Bertz CT molecular complexity index is 514. The van der Waals surface area contributed by atoms with Crippen LogP contribution in [-0.4, -0.2) is 6.29 Å². The number of nitrogens with two attached hydrogens (primary N) is 2. The number of nitrogen functional groups attached to an aromatic ring is 2. The van der Waals surface area contributed by atoms with Crippen molar-refractivity contribution in [1.82, 2.24) is 0 Å². The lowest BCUT2D eigenvalue weighted by Gasteiger charge is -2.05. The minimum atomic E-state index is 0. The van der Waals surface area contributed by atoms with E-state index in [0.29, 0.717) is 16.9 Å². The fourth-order valence-electron chi connectivity index (χ4n) is 1.42. The van der Waals surface area contributed by atoms with Gasteiger partial charge in [0.25, 0.3) is 0 Å². The summed E-state index contributed by atoms with van der Waals surface area (Å²) in [6.07, 6.45) is 0.828. The number of hydrogen-bond donors (Lipinski definition) is 2. The maximum absolute atomic E-state index is 10.8. The van der Waals surface area contributed by atoms with E-state index >= 15 is 0 Å². The second-order valence-electron chi connectivity index (χ2n) is 3.21. The van der Waals surface area contributed by atoms with Crippen molar-refractivity contribution >= 4 is 53.8 Å². The second-order valence-corrected chi connectivity index (χ2v) is 3.95. The zero-order chi connectivity index (χ0) is 10.8. The monoisotopic (exact) mass is 290 g/mol. The quantitative estimate of drug-likeness (QED) is 0.659. The molecule has 1 heterocycles. The summed E-state index contributed by atoms with van der Waals surface area (Å²) in [4.78, 5) is 10.8. The molecule has 2 rings (SSSR count). The molecule has 92 valence electrons. The Hall–Kier alpha value is -1.23. The van der Waals surface area contributed by atoms with Crippen LogP contribution >= 0.6 is 36.2 Å². The van der Waals surface area contributed by atoms with Crippen molar-refractivity contribution in [3.63, 3.8) is 0 Å². The van der Waals surface area contributed by atoms with E-state index in [1.165, 1.54) is 11.3 Å². The summed E-state index contributed by atoms with van der Waals surface area (Å²) in [5, 5.41) is 3.69. The fourth-order valence-corrected chi connectivity index (χ4v) is 2.22. The van der Waals surface area contributed by atoms with Gasteiger partial charge < -0.3 is 11.5 Å². The zero-order valence-electron chi connectivity index (χ0n) is 8.75. The van der Waals surface area contributed by atoms with Crippen LogP contribution in [-0.2, 0) is 0 Å².